The third-order valence-electron chi connectivity index (χ3n) is 2.64. The Balaban J connectivity index is 2.40. The third-order valence-corrected chi connectivity index (χ3v) is 2.64. The first-order chi connectivity index (χ1) is 6.29. The van der Waals surface area contributed by atoms with Crippen LogP contribution < -0.4 is 0 Å². The minimum atomic E-state index is 0.0892. The van der Waals surface area contributed by atoms with Crippen molar-refractivity contribution in [2.24, 2.45) is 0 Å². The first-order valence-electron chi connectivity index (χ1n) is 5.20. The Bertz CT molecular complexity index is 166. The maximum absolute atomic E-state index is 11.6. The molecule has 1 fully saturated rings. The fourth-order valence-electron chi connectivity index (χ4n) is 1.67. The zero-order valence-corrected chi connectivity index (χ0v) is 8.33. The Kier molecular flexibility index (Phi) is 4.22. The van der Waals surface area contributed by atoms with E-state index in [1.807, 2.05) is 11.8 Å². The monoisotopic (exact) mass is 185 g/mol. The Hall–Kier alpha value is -0.570. The normalized spacial score (nSPS) is 16.8. The van der Waals surface area contributed by atoms with Crippen LogP contribution in [0.1, 0.15) is 39.0 Å². The van der Waals surface area contributed by atoms with Gasteiger partial charge in [-0.15, -0.1) is 0 Å². The SMILES string of the molecule is CCCC(=O)N(CCO)C1CCC1. The molecular weight excluding hydrogens is 166 g/mol. The zero-order chi connectivity index (χ0) is 9.68. The number of aliphatic hydroxyl groups is 1. The van der Waals surface area contributed by atoms with Gasteiger partial charge in [-0.1, -0.05) is 6.92 Å². The topological polar surface area (TPSA) is 40.5 Å². The van der Waals surface area contributed by atoms with E-state index in [0.29, 0.717) is 19.0 Å². The molecule has 0 bridgehead atoms. The van der Waals surface area contributed by atoms with Gasteiger partial charge >= 0.3 is 0 Å². The van der Waals surface area contributed by atoms with Gasteiger partial charge in [0.1, 0.15) is 0 Å². The number of carbonyl (C=O) groups is 1. The average molecular weight is 185 g/mol. The van der Waals surface area contributed by atoms with E-state index in [1.165, 1.54) is 6.42 Å². The first kappa shape index (κ1) is 10.5. The van der Waals surface area contributed by atoms with Gasteiger partial charge in [-0.25, -0.2) is 0 Å². The fourth-order valence-corrected chi connectivity index (χ4v) is 1.67. The predicted molar refractivity (Wildman–Crippen MR) is 51.3 cm³/mol. The van der Waals surface area contributed by atoms with Crippen molar-refractivity contribution in [3.63, 3.8) is 0 Å². The lowest BCUT2D eigenvalue weighted by Crippen LogP contribution is -2.45. The Morgan fingerprint density at radius 2 is 2.23 bits per heavy atom. The number of nitrogens with zero attached hydrogens (tertiary/aromatic N) is 1. The number of amides is 1. The molecular formula is C10H19NO2. The van der Waals surface area contributed by atoms with Crippen LogP contribution in [0.25, 0.3) is 0 Å². The molecule has 1 amide bonds. The Labute approximate surface area is 79.7 Å². The van der Waals surface area contributed by atoms with E-state index in [2.05, 4.69) is 0 Å². The van der Waals surface area contributed by atoms with E-state index in [1.54, 1.807) is 0 Å². The summed E-state index contributed by atoms with van der Waals surface area (Å²) in [6, 6.07) is 0.422. The highest BCUT2D eigenvalue weighted by molar-refractivity contribution is 5.76. The minimum absolute atomic E-state index is 0.0892. The van der Waals surface area contributed by atoms with Gasteiger partial charge in [0.05, 0.1) is 6.61 Å². The van der Waals surface area contributed by atoms with Crippen LogP contribution in [0, 0.1) is 0 Å². The molecule has 0 saturated heterocycles. The van der Waals surface area contributed by atoms with Crippen LogP contribution >= 0.6 is 0 Å². The van der Waals surface area contributed by atoms with Gasteiger partial charge in [-0.05, 0) is 25.7 Å². The molecule has 1 aliphatic carbocycles. The van der Waals surface area contributed by atoms with Crippen LogP contribution in [0.15, 0.2) is 0 Å². The lowest BCUT2D eigenvalue weighted by Gasteiger charge is -2.37. The molecule has 0 aliphatic heterocycles. The summed E-state index contributed by atoms with van der Waals surface area (Å²) >= 11 is 0. The number of hydrogen-bond acceptors (Lipinski definition) is 2. The summed E-state index contributed by atoms with van der Waals surface area (Å²) in [4.78, 5) is 13.4. The summed E-state index contributed by atoms with van der Waals surface area (Å²) in [6.07, 6.45) is 4.99. The minimum Gasteiger partial charge on any atom is -0.395 e. The molecule has 0 aromatic rings. The largest absolute Gasteiger partial charge is 0.395 e. The van der Waals surface area contributed by atoms with Gasteiger partial charge in [-0.2, -0.15) is 0 Å². The summed E-state index contributed by atoms with van der Waals surface area (Å²) < 4.78 is 0. The molecule has 1 aliphatic rings. The second kappa shape index (κ2) is 5.22. The van der Waals surface area contributed by atoms with Crippen molar-refractivity contribution in [1.82, 2.24) is 4.90 Å². The van der Waals surface area contributed by atoms with E-state index in [-0.39, 0.29) is 12.5 Å². The van der Waals surface area contributed by atoms with Gasteiger partial charge in [-0.3, -0.25) is 4.79 Å². The van der Waals surface area contributed by atoms with Crippen molar-refractivity contribution < 1.29 is 9.90 Å². The van der Waals surface area contributed by atoms with Crippen LogP contribution in [0.5, 0.6) is 0 Å². The molecule has 0 spiro atoms. The first-order valence-corrected chi connectivity index (χ1v) is 5.20. The molecule has 3 heteroatoms. The highest BCUT2D eigenvalue weighted by Crippen LogP contribution is 2.25. The quantitative estimate of drug-likeness (QED) is 0.698. The lowest BCUT2D eigenvalue weighted by molar-refractivity contribution is -0.135. The van der Waals surface area contributed by atoms with Crippen LogP contribution in [-0.4, -0.2) is 35.1 Å². The molecule has 76 valence electrons. The van der Waals surface area contributed by atoms with Crippen molar-refractivity contribution >= 4 is 5.91 Å². The van der Waals surface area contributed by atoms with E-state index in [9.17, 15) is 4.79 Å². The molecule has 13 heavy (non-hydrogen) atoms. The molecule has 1 saturated carbocycles. The highest BCUT2D eigenvalue weighted by atomic mass is 16.3. The number of aliphatic hydroxyl groups excluding tert-OH is 1. The second-order valence-electron chi connectivity index (χ2n) is 3.65. The molecule has 1 rings (SSSR count). The van der Waals surface area contributed by atoms with Crippen molar-refractivity contribution in [2.45, 2.75) is 45.1 Å². The Morgan fingerprint density at radius 3 is 2.62 bits per heavy atom. The summed E-state index contributed by atoms with van der Waals surface area (Å²) in [5.74, 6) is 0.209. The molecule has 0 unspecified atom stereocenters. The fraction of sp³-hybridized carbons (Fsp3) is 0.900. The standard InChI is InChI=1S/C10H19NO2/c1-2-4-10(13)11(7-8-12)9-5-3-6-9/h9,12H,2-8H2,1H3. The van der Waals surface area contributed by atoms with Gasteiger partial charge in [0, 0.05) is 19.0 Å². The van der Waals surface area contributed by atoms with Crippen molar-refractivity contribution in [3.8, 4) is 0 Å². The molecule has 3 nitrogen and oxygen atoms in total. The smallest absolute Gasteiger partial charge is 0.222 e. The number of carbonyl (C=O) groups excluding carboxylic acids is 1. The summed E-state index contributed by atoms with van der Waals surface area (Å²) in [7, 11) is 0. The summed E-state index contributed by atoms with van der Waals surface area (Å²) in [5.41, 5.74) is 0. The molecule has 0 heterocycles. The van der Waals surface area contributed by atoms with Crippen LogP contribution in [-0.2, 0) is 4.79 Å². The van der Waals surface area contributed by atoms with Gasteiger partial charge in [0.2, 0.25) is 5.91 Å². The summed E-state index contributed by atoms with van der Waals surface area (Å²) in [5, 5.41) is 8.83. The van der Waals surface area contributed by atoms with Crippen LogP contribution in [0.3, 0.4) is 0 Å². The number of hydrogen-bond donors (Lipinski definition) is 1. The van der Waals surface area contributed by atoms with Crippen molar-refractivity contribution in [3.05, 3.63) is 0 Å². The second-order valence-corrected chi connectivity index (χ2v) is 3.65. The van der Waals surface area contributed by atoms with E-state index in [4.69, 9.17) is 5.11 Å². The van der Waals surface area contributed by atoms with Gasteiger partial charge < -0.3 is 10.0 Å². The average Bonchev–Trinajstić information content (AvgIpc) is 2.01. The Morgan fingerprint density at radius 1 is 1.54 bits per heavy atom. The van der Waals surface area contributed by atoms with E-state index < -0.39 is 0 Å². The third kappa shape index (κ3) is 2.69. The molecule has 0 radical (unpaired) electrons. The predicted octanol–water partition coefficient (Wildman–Crippen LogP) is 1.16. The van der Waals surface area contributed by atoms with Gasteiger partial charge in [0.15, 0.2) is 0 Å². The molecule has 0 aromatic carbocycles. The molecule has 0 atom stereocenters. The van der Waals surface area contributed by atoms with Gasteiger partial charge in [0.25, 0.3) is 0 Å². The van der Waals surface area contributed by atoms with E-state index >= 15 is 0 Å². The van der Waals surface area contributed by atoms with Crippen molar-refractivity contribution in [1.29, 1.82) is 0 Å². The maximum Gasteiger partial charge on any atom is 0.222 e. The zero-order valence-electron chi connectivity index (χ0n) is 8.33. The molecule has 1 N–H and O–H groups in total. The van der Waals surface area contributed by atoms with E-state index in [0.717, 1.165) is 19.3 Å². The maximum atomic E-state index is 11.6. The highest BCUT2D eigenvalue weighted by Gasteiger charge is 2.27. The summed E-state index contributed by atoms with van der Waals surface area (Å²) in [6.45, 7) is 2.62. The number of rotatable bonds is 5. The van der Waals surface area contributed by atoms with Crippen LogP contribution in [0.2, 0.25) is 0 Å². The van der Waals surface area contributed by atoms with Crippen molar-refractivity contribution in [2.75, 3.05) is 13.2 Å². The lowest BCUT2D eigenvalue weighted by atomic mass is 9.91. The molecule has 0 aromatic heterocycles. The van der Waals surface area contributed by atoms with Crippen LogP contribution in [0.4, 0.5) is 0 Å².